The monoisotopic (exact) mass is 280 g/mol. The van der Waals surface area contributed by atoms with Gasteiger partial charge in [-0.2, -0.15) is 0 Å². The third kappa shape index (κ3) is 2.98. The maximum Gasteiger partial charge on any atom is 0.258 e. The lowest BCUT2D eigenvalue weighted by molar-refractivity contribution is 0.102. The number of carbonyl (C=O) groups is 1. The maximum atomic E-state index is 13.5. The fourth-order valence-corrected chi connectivity index (χ4v) is 1.66. The maximum absolute atomic E-state index is 13.5. The number of rotatable bonds is 3. The minimum Gasteiger partial charge on any atom is -0.322 e. The number of hydrogen-bond donors (Lipinski definition) is 3. The molecule has 2 aromatic rings. The first-order valence-corrected chi connectivity index (χ1v) is 5.66. The van der Waals surface area contributed by atoms with Gasteiger partial charge in [0.2, 0.25) is 0 Å². The number of nitrogens with two attached hydrogens (primary N) is 1. The number of amides is 1. The van der Waals surface area contributed by atoms with Crippen molar-refractivity contribution < 1.29 is 9.18 Å². The predicted molar refractivity (Wildman–Crippen MR) is 71.4 cm³/mol. The van der Waals surface area contributed by atoms with E-state index in [1.54, 1.807) is 0 Å². The van der Waals surface area contributed by atoms with Crippen molar-refractivity contribution in [2.24, 2.45) is 5.84 Å². The van der Waals surface area contributed by atoms with Crippen molar-refractivity contribution in [3.63, 3.8) is 0 Å². The average Bonchev–Trinajstić information content (AvgIpc) is 2.42. The van der Waals surface area contributed by atoms with Crippen molar-refractivity contribution in [3.8, 4) is 0 Å². The molecule has 2 rings (SSSR count). The molecule has 7 heteroatoms. The Labute approximate surface area is 113 Å². The number of anilines is 2. The van der Waals surface area contributed by atoms with E-state index in [0.29, 0.717) is 10.7 Å². The van der Waals surface area contributed by atoms with Gasteiger partial charge < -0.3 is 10.7 Å². The molecule has 0 unspecified atom stereocenters. The fourth-order valence-electron chi connectivity index (χ4n) is 1.49. The van der Waals surface area contributed by atoms with E-state index >= 15 is 0 Å². The Morgan fingerprint density at radius 1 is 1.32 bits per heavy atom. The van der Waals surface area contributed by atoms with Crippen LogP contribution >= 0.6 is 11.6 Å². The van der Waals surface area contributed by atoms with Crippen molar-refractivity contribution in [2.45, 2.75) is 0 Å². The molecular formula is C12H10ClFN4O. The molecule has 5 nitrogen and oxygen atoms in total. The highest BCUT2D eigenvalue weighted by Crippen LogP contribution is 2.21. The van der Waals surface area contributed by atoms with Crippen LogP contribution in [0.25, 0.3) is 0 Å². The van der Waals surface area contributed by atoms with Gasteiger partial charge in [-0.1, -0.05) is 11.6 Å². The Bertz CT molecular complexity index is 620. The van der Waals surface area contributed by atoms with Gasteiger partial charge in [0, 0.05) is 11.2 Å². The van der Waals surface area contributed by atoms with Gasteiger partial charge in [0.25, 0.3) is 5.91 Å². The number of aromatic nitrogens is 1. The second kappa shape index (κ2) is 5.64. The number of hydrogen-bond acceptors (Lipinski definition) is 4. The smallest absolute Gasteiger partial charge is 0.258 e. The van der Waals surface area contributed by atoms with Crippen molar-refractivity contribution in [1.82, 2.24) is 4.98 Å². The van der Waals surface area contributed by atoms with Crippen molar-refractivity contribution >= 4 is 28.9 Å². The summed E-state index contributed by atoms with van der Waals surface area (Å²) in [6.45, 7) is 0. The molecule has 19 heavy (non-hydrogen) atoms. The quantitative estimate of drug-likeness (QED) is 0.596. The first-order valence-electron chi connectivity index (χ1n) is 5.29. The summed E-state index contributed by atoms with van der Waals surface area (Å²) in [7, 11) is 0. The van der Waals surface area contributed by atoms with Crippen LogP contribution in [0.5, 0.6) is 0 Å². The normalized spacial score (nSPS) is 10.1. The molecule has 0 aliphatic rings. The molecule has 0 aliphatic carbocycles. The van der Waals surface area contributed by atoms with Gasteiger partial charge in [-0.3, -0.25) is 15.6 Å². The van der Waals surface area contributed by atoms with Gasteiger partial charge in [0.05, 0.1) is 23.1 Å². The third-order valence-electron chi connectivity index (χ3n) is 2.40. The molecule has 0 atom stereocenters. The highest BCUT2D eigenvalue weighted by Gasteiger charge is 2.13. The molecule has 0 saturated heterocycles. The number of nitrogen functional groups attached to an aromatic ring is 1. The Morgan fingerprint density at radius 2 is 2.11 bits per heavy atom. The Hall–Kier alpha value is -2.18. The summed E-state index contributed by atoms with van der Waals surface area (Å²) in [6, 6.07) is 5.36. The summed E-state index contributed by atoms with van der Waals surface area (Å²) in [5, 5.41) is 2.74. The van der Waals surface area contributed by atoms with Crippen molar-refractivity contribution in [2.75, 3.05) is 10.7 Å². The van der Waals surface area contributed by atoms with E-state index in [1.807, 2.05) is 0 Å². The molecule has 1 aromatic heterocycles. The average molecular weight is 281 g/mol. The third-order valence-corrected chi connectivity index (χ3v) is 2.63. The topological polar surface area (TPSA) is 80.0 Å². The largest absolute Gasteiger partial charge is 0.322 e. The Kier molecular flexibility index (Phi) is 3.94. The van der Waals surface area contributed by atoms with Crippen molar-refractivity contribution in [3.05, 3.63) is 53.1 Å². The lowest BCUT2D eigenvalue weighted by atomic mass is 10.2. The standard InChI is InChI=1S/C12H10ClFN4O/c13-7-1-2-9(14)10(5-7)17-12(19)8-3-4-16-6-11(8)18-15/h1-6,18H,15H2,(H,17,19). The SMILES string of the molecule is NNc1cnccc1C(=O)Nc1cc(Cl)ccc1F. The molecule has 0 saturated carbocycles. The summed E-state index contributed by atoms with van der Waals surface area (Å²) in [5.74, 6) is 4.18. The molecule has 0 fully saturated rings. The molecule has 1 amide bonds. The van der Waals surface area contributed by atoms with E-state index in [0.717, 1.165) is 0 Å². The molecular weight excluding hydrogens is 271 g/mol. The van der Waals surface area contributed by atoms with Gasteiger partial charge >= 0.3 is 0 Å². The first-order chi connectivity index (χ1) is 9.11. The lowest BCUT2D eigenvalue weighted by Crippen LogP contribution is -2.18. The van der Waals surface area contributed by atoms with E-state index in [4.69, 9.17) is 17.4 Å². The molecule has 98 valence electrons. The minimum atomic E-state index is -0.575. The molecule has 0 bridgehead atoms. The molecule has 1 aromatic carbocycles. The number of halogens is 2. The number of benzene rings is 1. The van der Waals surface area contributed by atoms with Gasteiger partial charge in [-0.25, -0.2) is 4.39 Å². The summed E-state index contributed by atoms with van der Waals surface area (Å²) < 4.78 is 13.5. The molecule has 0 radical (unpaired) electrons. The summed E-state index contributed by atoms with van der Waals surface area (Å²) in [6.07, 6.45) is 2.83. The van der Waals surface area contributed by atoms with Crippen LogP contribution in [0.15, 0.2) is 36.7 Å². The van der Waals surface area contributed by atoms with Crippen LogP contribution in [0.2, 0.25) is 5.02 Å². The van der Waals surface area contributed by atoms with Gasteiger partial charge in [-0.05, 0) is 24.3 Å². The lowest BCUT2D eigenvalue weighted by Gasteiger charge is -2.09. The number of nitrogens with one attached hydrogen (secondary N) is 2. The minimum absolute atomic E-state index is 0.00252. The highest BCUT2D eigenvalue weighted by molar-refractivity contribution is 6.31. The summed E-state index contributed by atoms with van der Waals surface area (Å²) in [5.41, 5.74) is 2.93. The zero-order chi connectivity index (χ0) is 13.8. The van der Waals surface area contributed by atoms with Crippen LogP contribution in [0.1, 0.15) is 10.4 Å². The zero-order valence-electron chi connectivity index (χ0n) is 9.65. The first kappa shape index (κ1) is 13.3. The Balaban J connectivity index is 2.28. The predicted octanol–water partition coefficient (Wildman–Crippen LogP) is 2.41. The molecule has 4 N–H and O–H groups in total. The van der Waals surface area contributed by atoms with E-state index in [1.165, 1.54) is 36.7 Å². The van der Waals surface area contributed by atoms with E-state index in [2.05, 4.69) is 15.7 Å². The second-order valence-electron chi connectivity index (χ2n) is 3.64. The zero-order valence-corrected chi connectivity index (χ0v) is 10.4. The number of hydrazine groups is 1. The van der Waals surface area contributed by atoms with E-state index < -0.39 is 11.7 Å². The second-order valence-corrected chi connectivity index (χ2v) is 4.08. The van der Waals surface area contributed by atoms with Crippen LogP contribution in [0.3, 0.4) is 0 Å². The summed E-state index contributed by atoms with van der Waals surface area (Å²) >= 11 is 5.74. The molecule has 1 heterocycles. The van der Waals surface area contributed by atoms with E-state index in [9.17, 15) is 9.18 Å². The van der Waals surface area contributed by atoms with Crippen molar-refractivity contribution in [1.29, 1.82) is 0 Å². The van der Waals surface area contributed by atoms with Crippen LogP contribution in [-0.2, 0) is 0 Å². The number of carbonyl (C=O) groups excluding carboxylic acids is 1. The Morgan fingerprint density at radius 3 is 2.84 bits per heavy atom. The van der Waals surface area contributed by atoms with Crippen LogP contribution in [0.4, 0.5) is 15.8 Å². The van der Waals surface area contributed by atoms with Crippen LogP contribution < -0.4 is 16.6 Å². The van der Waals surface area contributed by atoms with Crippen LogP contribution in [-0.4, -0.2) is 10.9 Å². The number of nitrogens with zero attached hydrogens (tertiary/aromatic N) is 1. The highest BCUT2D eigenvalue weighted by atomic mass is 35.5. The molecule has 0 aliphatic heterocycles. The molecule has 0 spiro atoms. The van der Waals surface area contributed by atoms with Crippen LogP contribution in [0, 0.1) is 5.82 Å². The van der Waals surface area contributed by atoms with Gasteiger partial charge in [0.15, 0.2) is 0 Å². The summed E-state index contributed by atoms with van der Waals surface area (Å²) in [4.78, 5) is 15.8. The van der Waals surface area contributed by atoms with E-state index in [-0.39, 0.29) is 11.3 Å². The number of pyridine rings is 1. The van der Waals surface area contributed by atoms with Gasteiger partial charge in [-0.15, -0.1) is 0 Å². The van der Waals surface area contributed by atoms with Gasteiger partial charge in [0.1, 0.15) is 5.82 Å². The fraction of sp³-hybridized carbons (Fsp3) is 0.